The molecule has 1 saturated heterocycles. The Balaban J connectivity index is 2.09. The van der Waals surface area contributed by atoms with E-state index in [4.69, 9.17) is 10.5 Å². The Morgan fingerprint density at radius 1 is 1.37 bits per heavy atom. The van der Waals surface area contributed by atoms with Gasteiger partial charge >= 0.3 is 6.09 Å². The Morgan fingerprint density at radius 2 is 2.05 bits per heavy atom. The first-order valence-electron chi connectivity index (χ1n) is 6.84. The summed E-state index contributed by atoms with van der Waals surface area (Å²) in [6, 6.07) is 8.47. The van der Waals surface area contributed by atoms with Gasteiger partial charge in [0.1, 0.15) is 0 Å². The molecule has 1 fully saturated rings. The van der Waals surface area contributed by atoms with E-state index in [2.05, 4.69) is 31.2 Å². The van der Waals surface area contributed by atoms with Gasteiger partial charge in [0.05, 0.1) is 6.61 Å². The minimum Gasteiger partial charge on any atom is -0.450 e. The van der Waals surface area contributed by atoms with Crippen LogP contribution < -0.4 is 5.73 Å². The Hall–Kier alpha value is -1.55. The van der Waals surface area contributed by atoms with Crippen molar-refractivity contribution in [1.29, 1.82) is 0 Å². The molecule has 104 valence electrons. The number of amides is 1. The zero-order valence-electron chi connectivity index (χ0n) is 11.6. The Bertz CT molecular complexity index is 430. The maximum Gasteiger partial charge on any atom is 0.409 e. The minimum atomic E-state index is -0.255. The van der Waals surface area contributed by atoms with Gasteiger partial charge in [-0.15, -0.1) is 0 Å². The molecule has 0 aliphatic carbocycles. The highest BCUT2D eigenvalue weighted by Crippen LogP contribution is 2.27. The van der Waals surface area contributed by atoms with E-state index in [1.54, 1.807) is 4.90 Å². The van der Waals surface area contributed by atoms with Gasteiger partial charge in [0, 0.05) is 25.0 Å². The van der Waals surface area contributed by atoms with Crippen molar-refractivity contribution in [3.05, 3.63) is 35.4 Å². The molecule has 1 aromatic carbocycles. The molecule has 4 heteroatoms. The molecule has 1 aliphatic rings. The van der Waals surface area contributed by atoms with Crippen molar-refractivity contribution in [3.63, 3.8) is 0 Å². The maximum absolute atomic E-state index is 11.8. The standard InChI is InChI=1S/C15H22N2O2/c1-3-19-15(18)17-9-13(8-14(16)10-17)12-6-4-11(2)5-7-12/h4-7,13-14H,3,8-10,16H2,1-2H3. The van der Waals surface area contributed by atoms with Gasteiger partial charge in [-0.05, 0) is 25.8 Å². The first-order chi connectivity index (χ1) is 9.10. The predicted octanol–water partition coefficient (Wildman–Crippen LogP) is 2.27. The number of likely N-dealkylation sites (tertiary alicyclic amines) is 1. The highest BCUT2D eigenvalue weighted by Gasteiger charge is 2.29. The number of hydrogen-bond acceptors (Lipinski definition) is 3. The topological polar surface area (TPSA) is 55.6 Å². The van der Waals surface area contributed by atoms with E-state index in [-0.39, 0.29) is 12.1 Å². The van der Waals surface area contributed by atoms with Crippen LogP contribution in [-0.4, -0.2) is 36.7 Å². The first-order valence-corrected chi connectivity index (χ1v) is 6.84. The molecule has 1 amide bonds. The monoisotopic (exact) mass is 262 g/mol. The average Bonchev–Trinajstić information content (AvgIpc) is 2.39. The summed E-state index contributed by atoms with van der Waals surface area (Å²) >= 11 is 0. The molecule has 2 rings (SSSR count). The van der Waals surface area contributed by atoms with Crippen molar-refractivity contribution >= 4 is 6.09 Å². The van der Waals surface area contributed by atoms with Crippen LogP contribution in [0.3, 0.4) is 0 Å². The summed E-state index contributed by atoms with van der Waals surface area (Å²) in [5.74, 6) is 0.300. The summed E-state index contributed by atoms with van der Waals surface area (Å²) in [5, 5.41) is 0. The number of carbonyl (C=O) groups is 1. The average molecular weight is 262 g/mol. The fourth-order valence-corrected chi connectivity index (χ4v) is 2.58. The van der Waals surface area contributed by atoms with Crippen LogP contribution in [0.4, 0.5) is 4.79 Å². The SMILES string of the molecule is CCOC(=O)N1CC(N)CC(c2ccc(C)cc2)C1. The second-order valence-corrected chi connectivity index (χ2v) is 5.21. The van der Waals surface area contributed by atoms with Gasteiger partial charge in [0.15, 0.2) is 0 Å². The van der Waals surface area contributed by atoms with Crippen LogP contribution in [0.15, 0.2) is 24.3 Å². The lowest BCUT2D eigenvalue weighted by Crippen LogP contribution is -2.48. The van der Waals surface area contributed by atoms with Crippen molar-refractivity contribution in [2.45, 2.75) is 32.2 Å². The van der Waals surface area contributed by atoms with E-state index in [1.807, 2.05) is 6.92 Å². The zero-order chi connectivity index (χ0) is 13.8. The molecule has 2 N–H and O–H groups in total. The van der Waals surface area contributed by atoms with Crippen LogP contribution in [-0.2, 0) is 4.74 Å². The van der Waals surface area contributed by atoms with Crippen molar-refractivity contribution in [2.75, 3.05) is 19.7 Å². The van der Waals surface area contributed by atoms with Crippen molar-refractivity contribution < 1.29 is 9.53 Å². The number of nitrogens with zero attached hydrogens (tertiary/aromatic N) is 1. The molecular formula is C15H22N2O2. The second-order valence-electron chi connectivity index (χ2n) is 5.21. The predicted molar refractivity (Wildman–Crippen MR) is 75.1 cm³/mol. The molecular weight excluding hydrogens is 240 g/mol. The summed E-state index contributed by atoms with van der Waals surface area (Å²) in [6.45, 7) is 5.57. The van der Waals surface area contributed by atoms with E-state index in [9.17, 15) is 4.79 Å². The van der Waals surface area contributed by atoms with E-state index < -0.39 is 0 Å². The van der Waals surface area contributed by atoms with Crippen LogP contribution in [0.2, 0.25) is 0 Å². The third-order valence-corrected chi connectivity index (χ3v) is 3.56. The van der Waals surface area contributed by atoms with E-state index in [0.29, 0.717) is 25.6 Å². The lowest BCUT2D eigenvalue weighted by Gasteiger charge is -2.35. The summed E-state index contributed by atoms with van der Waals surface area (Å²) in [5.41, 5.74) is 8.55. The number of hydrogen-bond donors (Lipinski definition) is 1. The van der Waals surface area contributed by atoms with Gasteiger partial charge in [-0.3, -0.25) is 0 Å². The van der Waals surface area contributed by atoms with E-state index in [1.165, 1.54) is 11.1 Å². The van der Waals surface area contributed by atoms with Gasteiger partial charge in [-0.25, -0.2) is 4.79 Å². The summed E-state index contributed by atoms with van der Waals surface area (Å²) in [4.78, 5) is 13.5. The summed E-state index contributed by atoms with van der Waals surface area (Å²) < 4.78 is 5.06. The number of rotatable bonds is 2. The van der Waals surface area contributed by atoms with Crippen molar-refractivity contribution in [3.8, 4) is 0 Å². The molecule has 1 aromatic rings. The van der Waals surface area contributed by atoms with Crippen LogP contribution in [0.1, 0.15) is 30.4 Å². The highest BCUT2D eigenvalue weighted by molar-refractivity contribution is 5.68. The molecule has 0 bridgehead atoms. The van der Waals surface area contributed by atoms with E-state index >= 15 is 0 Å². The van der Waals surface area contributed by atoms with Gasteiger partial charge in [-0.2, -0.15) is 0 Å². The molecule has 0 aromatic heterocycles. The third-order valence-electron chi connectivity index (χ3n) is 3.56. The highest BCUT2D eigenvalue weighted by atomic mass is 16.6. The number of carbonyl (C=O) groups excluding carboxylic acids is 1. The fraction of sp³-hybridized carbons (Fsp3) is 0.533. The van der Waals surface area contributed by atoms with E-state index in [0.717, 1.165) is 6.42 Å². The van der Waals surface area contributed by atoms with Gasteiger partial charge < -0.3 is 15.4 Å². The second kappa shape index (κ2) is 6.06. The molecule has 2 atom stereocenters. The largest absolute Gasteiger partial charge is 0.450 e. The molecule has 0 saturated carbocycles. The number of ether oxygens (including phenoxy) is 1. The van der Waals surface area contributed by atoms with Crippen LogP contribution in [0.25, 0.3) is 0 Å². The van der Waals surface area contributed by atoms with Crippen molar-refractivity contribution in [1.82, 2.24) is 4.90 Å². The van der Waals surface area contributed by atoms with Crippen LogP contribution in [0, 0.1) is 6.92 Å². The number of piperidine rings is 1. The van der Waals surface area contributed by atoms with Gasteiger partial charge in [0.2, 0.25) is 0 Å². The van der Waals surface area contributed by atoms with Gasteiger partial charge in [0.25, 0.3) is 0 Å². The molecule has 4 nitrogen and oxygen atoms in total. The molecule has 0 radical (unpaired) electrons. The quantitative estimate of drug-likeness (QED) is 0.889. The summed E-state index contributed by atoms with van der Waals surface area (Å²) in [6.07, 6.45) is 0.661. The number of aryl methyl sites for hydroxylation is 1. The van der Waals surface area contributed by atoms with Crippen LogP contribution >= 0.6 is 0 Å². The van der Waals surface area contributed by atoms with Crippen molar-refractivity contribution in [2.24, 2.45) is 5.73 Å². The molecule has 2 unspecified atom stereocenters. The molecule has 19 heavy (non-hydrogen) atoms. The summed E-state index contributed by atoms with van der Waals surface area (Å²) in [7, 11) is 0. The minimum absolute atomic E-state index is 0.0180. The Labute approximate surface area is 114 Å². The third kappa shape index (κ3) is 3.47. The molecule has 0 spiro atoms. The number of benzene rings is 1. The zero-order valence-corrected chi connectivity index (χ0v) is 11.6. The molecule has 1 heterocycles. The Morgan fingerprint density at radius 3 is 2.68 bits per heavy atom. The fourth-order valence-electron chi connectivity index (χ4n) is 2.58. The smallest absolute Gasteiger partial charge is 0.409 e. The first kappa shape index (κ1) is 13.9. The normalized spacial score (nSPS) is 23.2. The van der Waals surface area contributed by atoms with Gasteiger partial charge in [-0.1, -0.05) is 29.8 Å². The molecule has 1 aliphatic heterocycles. The van der Waals surface area contributed by atoms with Crippen LogP contribution in [0.5, 0.6) is 0 Å². The number of nitrogens with two attached hydrogens (primary N) is 1. The maximum atomic E-state index is 11.8. The lowest BCUT2D eigenvalue weighted by molar-refractivity contribution is 0.0918. The Kier molecular flexibility index (Phi) is 4.43. The lowest BCUT2D eigenvalue weighted by atomic mass is 9.88.